The van der Waals surface area contributed by atoms with Gasteiger partial charge < -0.3 is 19.7 Å². The zero-order valence-electron chi connectivity index (χ0n) is 11.8. The van der Waals surface area contributed by atoms with Gasteiger partial charge in [0.25, 0.3) is 0 Å². The highest BCUT2D eigenvalue weighted by Gasteiger charge is 2.03. The van der Waals surface area contributed by atoms with Crippen LogP contribution < -0.4 is 5.32 Å². The van der Waals surface area contributed by atoms with Crippen molar-refractivity contribution in [3.05, 3.63) is 0 Å². The predicted octanol–water partition coefficient (Wildman–Crippen LogP) is 1.36. The van der Waals surface area contributed by atoms with Crippen molar-refractivity contribution in [3.63, 3.8) is 0 Å². The summed E-state index contributed by atoms with van der Waals surface area (Å²) >= 11 is 0. The maximum absolute atomic E-state index is 5.14. The van der Waals surface area contributed by atoms with Crippen LogP contribution in [0.5, 0.6) is 0 Å². The summed E-state index contributed by atoms with van der Waals surface area (Å²) in [5, 5.41) is 3.35. The second kappa shape index (κ2) is 13.9. The molecule has 0 aromatic heterocycles. The molecule has 0 fully saturated rings. The first kappa shape index (κ1) is 16.8. The van der Waals surface area contributed by atoms with Crippen LogP contribution >= 0.6 is 0 Å². The molecule has 104 valence electrons. The summed E-state index contributed by atoms with van der Waals surface area (Å²) in [5.41, 5.74) is 0. The fourth-order valence-electron chi connectivity index (χ4n) is 1.75. The molecular formula is C13H30N2O2. The molecular weight excluding hydrogens is 216 g/mol. The van der Waals surface area contributed by atoms with E-state index in [0.29, 0.717) is 0 Å². The Labute approximate surface area is 107 Å². The van der Waals surface area contributed by atoms with Crippen molar-refractivity contribution < 1.29 is 9.47 Å². The van der Waals surface area contributed by atoms with Gasteiger partial charge in [-0.1, -0.05) is 6.92 Å². The summed E-state index contributed by atoms with van der Waals surface area (Å²) in [5.74, 6) is 0. The molecule has 0 heterocycles. The van der Waals surface area contributed by atoms with E-state index in [9.17, 15) is 0 Å². The van der Waals surface area contributed by atoms with Crippen molar-refractivity contribution in [1.29, 1.82) is 0 Å². The Morgan fingerprint density at radius 2 is 1.59 bits per heavy atom. The van der Waals surface area contributed by atoms with Crippen LogP contribution in [0.25, 0.3) is 0 Å². The lowest BCUT2D eigenvalue weighted by Gasteiger charge is -2.21. The molecule has 0 aliphatic rings. The minimum atomic E-state index is 0.820. The van der Waals surface area contributed by atoms with Crippen molar-refractivity contribution in [2.45, 2.75) is 26.2 Å². The highest BCUT2D eigenvalue weighted by Crippen LogP contribution is 1.97. The van der Waals surface area contributed by atoms with Crippen LogP contribution in [0, 0.1) is 0 Å². The van der Waals surface area contributed by atoms with E-state index in [1.807, 2.05) is 0 Å². The molecule has 4 heteroatoms. The number of unbranched alkanes of at least 4 members (excludes halogenated alkanes) is 1. The molecule has 0 saturated heterocycles. The monoisotopic (exact) mass is 246 g/mol. The number of rotatable bonds is 13. The Morgan fingerprint density at radius 1 is 0.882 bits per heavy atom. The Balaban J connectivity index is 3.53. The molecule has 0 aromatic rings. The Morgan fingerprint density at radius 3 is 2.24 bits per heavy atom. The van der Waals surface area contributed by atoms with Crippen LogP contribution in [0.15, 0.2) is 0 Å². The smallest absolute Gasteiger partial charge is 0.0589 e. The molecule has 0 spiro atoms. The third-order valence-corrected chi connectivity index (χ3v) is 2.76. The zero-order valence-corrected chi connectivity index (χ0v) is 11.8. The van der Waals surface area contributed by atoms with Gasteiger partial charge in [-0.05, 0) is 38.9 Å². The van der Waals surface area contributed by atoms with Gasteiger partial charge in [-0.25, -0.2) is 0 Å². The Kier molecular flexibility index (Phi) is 13.8. The van der Waals surface area contributed by atoms with Crippen molar-refractivity contribution in [2.75, 3.05) is 60.2 Å². The topological polar surface area (TPSA) is 33.7 Å². The highest BCUT2D eigenvalue weighted by atomic mass is 16.5. The van der Waals surface area contributed by atoms with E-state index < -0.39 is 0 Å². The van der Waals surface area contributed by atoms with Crippen molar-refractivity contribution in [2.24, 2.45) is 0 Å². The molecule has 0 aromatic carbocycles. The molecule has 0 atom stereocenters. The van der Waals surface area contributed by atoms with Gasteiger partial charge in [-0.3, -0.25) is 0 Å². The van der Waals surface area contributed by atoms with Crippen molar-refractivity contribution in [3.8, 4) is 0 Å². The van der Waals surface area contributed by atoms with Gasteiger partial charge in [0.2, 0.25) is 0 Å². The quantitative estimate of drug-likeness (QED) is 0.498. The lowest BCUT2D eigenvalue weighted by Crippen LogP contribution is -2.30. The first-order valence-electron chi connectivity index (χ1n) is 6.76. The molecule has 0 unspecified atom stereocenters. The molecule has 0 aliphatic carbocycles. The first-order chi connectivity index (χ1) is 8.35. The van der Waals surface area contributed by atoms with Crippen LogP contribution in [0.1, 0.15) is 26.2 Å². The summed E-state index contributed by atoms with van der Waals surface area (Å²) in [7, 11) is 3.52. The van der Waals surface area contributed by atoms with Crippen LogP contribution in [-0.4, -0.2) is 65.1 Å². The summed E-state index contributed by atoms with van der Waals surface area (Å²) in [6, 6.07) is 0. The van der Waals surface area contributed by atoms with Gasteiger partial charge in [0.05, 0.1) is 6.61 Å². The lowest BCUT2D eigenvalue weighted by atomic mass is 10.2. The van der Waals surface area contributed by atoms with Gasteiger partial charge in [-0.15, -0.1) is 0 Å². The van der Waals surface area contributed by atoms with E-state index in [-0.39, 0.29) is 0 Å². The van der Waals surface area contributed by atoms with Crippen molar-refractivity contribution >= 4 is 0 Å². The molecule has 0 saturated carbocycles. The van der Waals surface area contributed by atoms with E-state index >= 15 is 0 Å². The normalized spacial score (nSPS) is 11.3. The predicted molar refractivity (Wildman–Crippen MR) is 72.6 cm³/mol. The average molecular weight is 246 g/mol. The minimum absolute atomic E-state index is 0.820. The first-order valence-corrected chi connectivity index (χ1v) is 6.76. The Bertz CT molecular complexity index is 145. The number of ether oxygens (including phenoxy) is 2. The van der Waals surface area contributed by atoms with E-state index in [4.69, 9.17) is 9.47 Å². The Hall–Kier alpha value is -0.160. The van der Waals surface area contributed by atoms with E-state index in [1.54, 1.807) is 14.2 Å². The SMILES string of the molecule is CCNCCCCN(CCCOC)CCOC. The fourth-order valence-corrected chi connectivity index (χ4v) is 1.75. The molecule has 0 amide bonds. The number of nitrogens with one attached hydrogen (secondary N) is 1. The van der Waals surface area contributed by atoms with Gasteiger partial charge >= 0.3 is 0 Å². The summed E-state index contributed by atoms with van der Waals surface area (Å²) < 4.78 is 10.2. The summed E-state index contributed by atoms with van der Waals surface area (Å²) in [4.78, 5) is 2.47. The third kappa shape index (κ3) is 12.1. The van der Waals surface area contributed by atoms with Gasteiger partial charge in [0.15, 0.2) is 0 Å². The highest BCUT2D eigenvalue weighted by molar-refractivity contribution is 4.58. The number of methoxy groups -OCH3 is 2. The molecule has 1 N–H and O–H groups in total. The summed E-state index contributed by atoms with van der Waals surface area (Å²) in [6.45, 7) is 9.32. The largest absolute Gasteiger partial charge is 0.385 e. The molecule has 0 rings (SSSR count). The minimum Gasteiger partial charge on any atom is -0.385 e. The van der Waals surface area contributed by atoms with Crippen LogP contribution in [0.4, 0.5) is 0 Å². The van der Waals surface area contributed by atoms with Crippen molar-refractivity contribution in [1.82, 2.24) is 10.2 Å². The van der Waals surface area contributed by atoms with Crippen LogP contribution in [0.3, 0.4) is 0 Å². The molecule has 0 aliphatic heterocycles. The fraction of sp³-hybridized carbons (Fsp3) is 1.00. The molecule has 4 nitrogen and oxygen atoms in total. The molecule has 0 bridgehead atoms. The third-order valence-electron chi connectivity index (χ3n) is 2.76. The number of hydrogen-bond donors (Lipinski definition) is 1. The molecule has 17 heavy (non-hydrogen) atoms. The number of hydrogen-bond acceptors (Lipinski definition) is 4. The summed E-state index contributed by atoms with van der Waals surface area (Å²) in [6.07, 6.45) is 3.61. The van der Waals surface area contributed by atoms with Crippen LogP contribution in [-0.2, 0) is 9.47 Å². The zero-order chi connectivity index (χ0) is 12.8. The second-order valence-electron chi connectivity index (χ2n) is 4.24. The van der Waals surface area contributed by atoms with Gasteiger partial charge in [-0.2, -0.15) is 0 Å². The van der Waals surface area contributed by atoms with Crippen LogP contribution in [0.2, 0.25) is 0 Å². The van der Waals surface area contributed by atoms with Gasteiger partial charge in [0.1, 0.15) is 0 Å². The average Bonchev–Trinajstić information content (AvgIpc) is 2.35. The second-order valence-corrected chi connectivity index (χ2v) is 4.24. The standard InChI is InChI=1S/C13H30N2O2/c1-4-14-8-5-6-9-15(11-13-17-3)10-7-12-16-2/h14H,4-13H2,1-3H3. The maximum atomic E-state index is 5.14. The van der Waals surface area contributed by atoms with E-state index in [0.717, 1.165) is 45.8 Å². The number of nitrogens with zero attached hydrogens (tertiary/aromatic N) is 1. The lowest BCUT2D eigenvalue weighted by molar-refractivity contribution is 0.131. The molecule has 0 radical (unpaired) electrons. The van der Waals surface area contributed by atoms with E-state index in [2.05, 4.69) is 17.1 Å². The maximum Gasteiger partial charge on any atom is 0.0589 e. The van der Waals surface area contributed by atoms with E-state index in [1.165, 1.54) is 19.4 Å². The van der Waals surface area contributed by atoms with Gasteiger partial charge in [0, 0.05) is 33.9 Å².